The van der Waals surface area contributed by atoms with Gasteiger partial charge in [0.2, 0.25) is 5.91 Å². The number of rotatable bonds is 3. The summed E-state index contributed by atoms with van der Waals surface area (Å²) >= 11 is 0. The Hall–Kier alpha value is -1.51. The van der Waals surface area contributed by atoms with Gasteiger partial charge in [0, 0.05) is 11.6 Å². The van der Waals surface area contributed by atoms with Crippen LogP contribution in [-0.2, 0) is 4.79 Å². The number of fused-ring (bicyclic) bond motifs is 1. The Kier molecular flexibility index (Phi) is 2.54. The van der Waals surface area contributed by atoms with Gasteiger partial charge in [-0.1, -0.05) is 0 Å². The van der Waals surface area contributed by atoms with Crippen LogP contribution >= 0.6 is 0 Å². The maximum absolute atomic E-state index is 12.0. The maximum Gasteiger partial charge on any atom is 0.227 e. The standard InChI is InChI=1S/C14H17NO2/c1-17-13-4-2-12(3-5-13)15-14(16)11-7-9-6-10(9)8-11/h2-5,9-11H,6-8H2,1H3,(H,15,16). The van der Waals surface area contributed by atoms with Crippen LogP contribution in [0.5, 0.6) is 5.75 Å². The highest BCUT2D eigenvalue weighted by Crippen LogP contribution is 2.54. The molecule has 3 heteroatoms. The van der Waals surface area contributed by atoms with Gasteiger partial charge in [-0.05, 0) is 55.4 Å². The number of ether oxygens (including phenoxy) is 1. The van der Waals surface area contributed by atoms with Gasteiger partial charge < -0.3 is 10.1 Å². The highest BCUT2D eigenvalue weighted by Gasteiger charge is 2.47. The van der Waals surface area contributed by atoms with Crippen LogP contribution in [0.25, 0.3) is 0 Å². The molecule has 2 atom stereocenters. The molecule has 3 rings (SSSR count). The summed E-state index contributed by atoms with van der Waals surface area (Å²) in [6.45, 7) is 0. The number of hydrogen-bond acceptors (Lipinski definition) is 2. The molecule has 1 aromatic rings. The lowest BCUT2D eigenvalue weighted by Crippen LogP contribution is -2.21. The number of hydrogen-bond donors (Lipinski definition) is 1. The summed E-state index contributed by atoms with van der Waals surface area (Å²) < 4.78 is 5.08. The third kappa shape index (κ3) is 2.14. The second-order valence-corrected chi connectivity index (χ2v) is 5.14. The molecule has 2 saturated carbocycles. The van der Waals surface area contributed by atoms with Crippen molar-refractivity contribution in [3.63, 3.8) is 0 Å². The number of nitrogens with one attached hydrogen (secondary N) is 1. The third-order valence-corrected chi connectivity index (χ3v) is 3.97. The molecule has 2 aliphatic rings. The Labute approximate surface area is 101 Å². The predicted molar refractivity (Wildman–Crippen MR) is 65.9 cm³/mol. The van der Waals surface area contributed by atoms with Crippen LogP contribution in [-0.4, -0.2) is 13.0 Å². The van der Waals surface area contributed by atoms with E-state index in [1.165, 1.54) is 6.42 Å². The van der Waals surface area contributed by atoms with E-state index in [9.17, 15) is 4.79 Å². The molecule has 1 N–H and O–H groups in total. The first kappa shape index (κ1) is 10.6. The molecule has 0 bridgehead atoms. The molecule has 17 heavy (non-hydrogen) atoms. The Balaban J connectivity index is 1.59. The van der Waals surface area contributed by atoms with Crippen LogP contribution < -0.4 is 10.1 Å². The van der Waals surface area contributed by atoms with E-state index in [-0.39, 0.29) is 11.8 Å². The van der Waals surface area contributed by atoms with Gasteiger partial charge in [-0.2, -0.15) is 0 Å². The summed E-state index contributed by atoms with van der Waals surface area (Å²) in [5, 5.41) is 2.98. The summed E-state index contributed by atoms with van der Waals surface area (Å²) in [6, 6.07) is 7.49. The monoisotopic (exact) mass is 231 g/mol. The van der Waals surface area contributed by atoms with Crippen molar-refractivity contribution < 1.29 is 9.53 Å². The largest absolute Gasteiger partial charge is 0.497 e. The molecule has 3 nitrogen and oxygen atoms in total. The van der Waals surface area contributed by atoms with Crippen LogP contribution in [0, 0.1) is 17.8 Å². The van der Waals surface area contributed by atoms with Gasteiger partial charge in [-0.3, -0.25) is 4.79 Å². The van der Waals surface area contributed by atoms with Gasteiger partial charge in [-0.15, -0.1) is 0 Å². The van der Waals surface area contributed by atoms with E-state index in [0.29, 0.717) is 0 Å². The quantitative estimate of drug-likeness (QED) is 0.868. The average molecular weight is 231 g/mol. The van der Waals surface area contributed by atoms with Crippen LogP contribution in [0.4, 0.5) is 5.69 Å². The van der Waals surface area contributed by atoms with Crippen molar-refractivity contribution in [2.24, 2.45) is 17.8 Å². The first-order valence-corrected chi connectivity index (χ1v) is 6.21. The Morgan fingerprint density at radius 2 is 1.82 bits per heavy atom. The van der Waals surface area contributed by atoms with E-state index in [2.05, 4.69) is 5.32 Å². The van der Waals surface area contributed by atoms with E-state index in [0.717, 1.165) is 36.1 Å². The van der Waals surface area contributed by atoms with E-state index in [1.807, 2.05) is 24.3 Å². The number of methoxy groups -OCH3 is 1. The van der Waals surface area contributed by atoms with Crippen molar-refractivity contribution in [2.45, 2.75) is 19.3 Å². The van der Waals surface area contributed by atoms with Gasteiger partial charge in [0.05, 0.1) is 7.11 Å². The fraction of sp³-hybridized carbons (Fsp3) is 0.500. The van der Waals surface area contributed by atoms with Crippen molar-refractivity contribution in [1.29, 1.82) is 0 Å². The Morgan fingerprint density at radius 3 is 2.41 bits per heavy atom. The number of anilines is 1. The fourth-order valence-electron chi connectivity index (χ4n) is 2.85. The number of carbonyl (C=O) groups excluding carboxylic acids is 1. The van der Waals surface area contributed by atoms with Gasteiger partial charge >= 0.3 is 0 Å². The second-order valence-electron chi connectivity index (χ2n) is 5.14. The molecular formula is C14H17NO2. The van der Waals surface area contributed by atoms with Crippen LogP contribution in [0.3, 0.4) is 0 Å². The summed E-state index contributed by atoms with van der Waals surface area (Å²) in [6.07, 6.45) is 3.53. The molecule has 1 amide bonds. The Bertz CT molecular complexity index is 416. The summed E-state index contributed by atoms with van der Waals surface area (Å²) in [5.41, 5.74) is 0.858. The zero-order valence-electron chi connectivity index (χ0n) is 9.98. The molecule has 0 heterocycles. The molecule has 0 aliphatic heterocycles. The SMILES string of the molecule is COc1ccc(NC(=O)C2CC3CC3C2)cc1. The lowest BCUT2D eigenvalue weighted by Gasteiger charge is -2.12. The average Bonchev–Trinajstić information content (AvgIpc) is 2.97. The summed E-state index contributed by atoms with van der Waals surface area (Å²) in [5.74, 6) is 2.93. The lowest BCUT2D eigenvalue weighted by molar-refractivity contribution is -0.120. The van der Waals surface area contributed by atoms with Crippen LogP contribution in [0.1, 0.15) is 19.3 Å². The molecule has 2 unspecified atom stereocenters. The topological polar surface area (TPSA) is 38.3 Å². The van der Waals surface area contributed by atoms with Crippen LogP contribution in [0.15, 0.2) is 24.3 Å². The molecular weight excluding hydrogens is 214 g/mol. The van der Waals surface area contributed by atoms with Crippen molar-refractivity contribution in [2.75, 3.05) is 12.4 Å². The van der Waals surface area contributed by atoms with Crippen molar-refractivity contribution in [3.05, 3.63) is 24.3 Å². The van der Waals surface area contributed by atoms with Crippen molar-refractivity contribution >= 4 is 11.6 Å². The number of carbonyl (C=O) groups is 1. The lowest BCUT2D eigenvalue weighted by atomic mass is 10.0. The van der Waals surface area contributed by atoms with E-state index >= 15 is 0 Å². The normalized spacial score (nSPS) is 29.6. The van der Waals surface area contributed by atoms with Gasteiger partial charge in [0.15, 0.2) is 0 Å². The van der Waals surface area contributed by atoms with Gasteiger partial charge in [0.25, 0.3) is 0 Å². The van der Waals surface area contributed by atoms with Crippen LogP contribution in [0.2, 0.25) is 0 Å². The van der Waals surface area contributed by atoms with E-state index < -0.39 is 0 Å². The van der Waals surface area contributed by atoms with Crippen molar-refractivity contribution in [3.8, 4) is 5.75 Å². The van der Waals surface area contributed by atoms with Crippen molar-refractivity contribution in [1.82, 2.24) is 0 Å². The minimum Gasteiger partial charge on any atom is -0.497 e. The van der Waals surface area contributed by atoms with E-state index in [1.54, 1.807) is 7.11 Å². The third-order valence-electron chi connectivity index (χ3n) is 3.97. The first-order chi connectivity index (χ1) is 8.26. The highest BCUT2D eigenvalue weighted by molar-refractivity contribution is 5.92. The van der Waals surface area contributed by atoms with E-state index in [4.69, 9.17) is 4.74 Å². The minimum atomic E-state index is 0.183. The van der Waals surface area contributed by atoms with Gasteiger partial charge in [-0.25, -0.2) is 0 Å². The molecule has 0 aromatic heterocycles. The smallest absolute Gasteiger partial charge is 0.227 e. The molecule has 2 fully saturated rings. The molecule has 0 spiro atoms. The molecule has 1 aromatic carbocycles. The second kappa shape index (κ2) is 4.06. The molecule has 2 aliphatic carbocycles. The van der Waals surface area contributed by atoms with Gasteiger partial charge in [0.1, 0.15) is 5.75 Å². The minimum absolute atomic E-state index is 0.183. The predicted octanol–water partition coefficient (Wildman–Crippen LogP) is 2.68. The zero-order valence-corrected chi connectivity index (χ0v) is 9.98. The number of amides is 1. The number of benzene rings is 1. The molecule has 0 saturated heterocycles. The molecule has 90 valence electrons. The Morgan fingerprint density at radius 1 is 1.18 bits per heavy atom. The first-order valence-electron chi connectivity index (χ1n) is 6.21. The summed E-state index contributed by atoms with van der Waals surface area (Å²) in [4.78, 5) is 12.0. The highest BCUT2D eigenvalue weighted by atomic mass is 16.5. The zero-order chi connectivity index (χ0) is 11.8. The fourth-order valence-corrected chi connectivity index (χ4v) is 2.85. The maximum atomic E-state index is 12.0. The summed E-state index contributed by atoms with van der Waals surface area (Å²) in [7, 11) is 1.64. The molecule has 0 radical (unpaired) electrons.